The smallest absolute Gasteiger partial charge is 0.268 e. The molecule has 1 aromatic heterocycles. The van der Waals surface area contributed by atoms with Gasteiger partial charge in [-0.1, -0.05) is 0 Å². The Labute approximate surface area is 116 Å². The molecule has 2 aliphatic rings. The third-order valence-electron chi connectivity index (χ3n) is 4.12. The van der Waals surface area contributed by atoms with Gasteiger partial charge in [-0.2, -0.15) is 0 Å². The Morgan fingerprint density at radius 2 is 2.45 bits per heavy atom. The summed E-state index contributed by atoms with van der Waals surface area (Å²) in [7, 11) is 0. The average Bonchev–Trinajstić information content (AvgIpc) is 3.07. The summed E-state index contributed by atoms with van der Waals surface area (Å²) in [5.74, 6) is 5.67. The van der Waals surface area contributed by atoms with Gasteiger partial charge in [-0.15, -0.1) is 0 Å². The fraction of sp³-hybridized carbons (Fsp3) is 0.538. The summed E-state index contributed by atoms with van der Waals surface area (Å²) in [5.41, 5.74) is 2.49. The topological polar surface area (TPSA) is 101 Å². The van der Waals surface area contributed by atoms with Crippen LogP contribution in [0, 0.1) is 5.92 Å². The maximum absolute atomic E-state index is 11.7. The van der Waals surface area contributed by atoms with Crippen molar-refractivity contribution in [3.05, 3.63) is 23.7 Å². The molecule has 0 radical (unpaired) electrons. The van der Waals surface area contributed by atoms with Crippen LogP contribution in [0.1, 0.15) is 29.0 Å². The zero-order valence-electron chi connectivity index (χ0n) is 11.1. The van der Waals surface area contributed by atoms with Crippen LogP contribution < -0.4 is 16.6 Å². The molecule has 2 fully saturated rings. The average molecular weight is 278 g/mol. The first-order chi connectivity index (χ1) is 9.69. The Balaban J connectivity index is 1.69. The van der Waals surface area contributed by atoms with Gasteiger partial charge in [0.25, 0.3) is 5.91 Å². The molecule has 2 saturated heterocycles. The SMILES string of the molecule is NNC(=O)c1coc(CN2CCCC3C(=O)NCC32)c1. The summed E-state index contributed by atoms with van der Waals surface area (Å²) >= 11 is 0. The number of carbonyl (C=O) groups is 2. The minimum Gasteiger partial charge on any atom is -0.467 e. The van der Waals surface area contributed by atoms with Crippen molar-refractivity contribution < 1.29 is 14.0 Å². The first-order valence-corrected chi connectivity index (χ1v) is 6.79. The van der Waals surface area contributed by atoms with Crippen molar-refractivity contribution in [3.63, 3.8) is 0 Å². The van der Waals surface area contributed by atoms with Gasteiger partial charge in [0.15, 0.2) is 0 Å². The minimum absolute atomic E-state index is 0.0884. The van der Waals surface area contributed by atoms with E-state index in [9.17, 15) is 9.59 Å². The van der Waals surface area contributed by atoms with Crippen molar-refractivity contribution in [1.82, 2.24) is 15.6 Å². The van der Waals surface area contributed by atoms with Crippen molar-refractivity contribution in [3.8, 4) is 0 Å². The molecule has 0 aliphatic carbocycles. The van der Waals surface area contributed by atoms with E-state index >= 15 is 0 Å². The maximum atomic E-state index is 11.7. The second-order valence-corrected chi connectivity index (χ2v) is 5.31. The van der Waals surface area contributed by atoms with Crippen molar-refractivity contribution >= 4 is 11.8 Å². The van der Waals surface area contributed by atoms with E-state index in [0.717, 1.165) is 19.4 Å². The highest BCUT2D eigenvalue weighted by molar-refractivity contribution is 5.93. The van der Waals surface area contributed by atoms with Crippen LogP contribution in [0.2, 0.25) is 0 Å². The molecule has 0 aromatic carbocycles. The number of carbonyl (C=O) groups excluding carboxylic acids is 2. The number of likely N-dealkylation sites (tertiary alicyclic amines) is 1. The van der Waals surface area contributed by atoms with E-state index in [-0.39, 0.29) is 23.8 Å². The highest BCUT2D eigenvalue weighted by Crippen LogP contribution is 2.28. The van der Waals surface area contributed by atoms with Crippen molar-refractivity contribution in [1.29, 1.82) is 0 Å². The zero-order chi connectivity index (χ0) is 14.1. The number of hydrogen-bond donors (Lipinski definition) is 3. The van der Waals surface area contributed by atoms with E-state index in [4.69, 9.17) is 10.3 Å². The third-order valence-corrected chi connectivity index (χ3v) is 4.12. The number of rotatable bonds is 3. The van der Waals surface area contributed by atoms with Crippen LogP contribution in [0.3, 0.4) is 0 Å². The number of nitrogens with zero attached hydrogens (tertiary/aromatic N) is 1. The Bertz CT molecular complexity index is 527. The van der Waals surface area contributed by atoms with Crippen LogP contribution >= 0.6 is 0 Å². The van der Waals surface area contributed by atoms with Gasteiger partial charge in [0.05, 0.1) is 18.0 Å². The molecule has 2 atom stereocenters. The molecule has 2 aliphatic heterocycles. The summed E-state index contributed by atoms with van der Waals surface area (Å²) in [6.45, 7) is 2.24. The van der Waals surface area contributed by atoms with Gasteiger partial charge in [-0.05, 0) is 25.5 Å². The Morgan fingerprint density at radius 1 is 1.60 bits per heavy atom. The van der Waals surface area contributed by atoms with E-state index in [2.05, 4.69) is 15.6 Å². The van der Waals surface area contributed by atoms with Gasteiger partial charge < -0.3 is 9.73 Å². The number of hydrogen-bond acceptors (Lipinski definition) is 5. The molecule has 20 heavy (non-hydrogen) atoms. The lowest BCUT2D eigenvalue weighted by Crippen LogP contribution is -2.44. The summed E-state index contributed by atoms with van der Waals surface area (Å²) in [6, 6.07) is 1.92. The Morgan fingerprint density at radius 3 is 3.25 bits per heavy atom. The van der Waals surface area contributed by atoms with Gasteiger partial charge in [0, 0.05) is 12.6 Å². The molecule has 108 valence electrons. The fourth-order valence-corrected chi connectivity index (χ4v) is 3.10. The van der Waals surface area contributed by atoms with Gasteiger partial charge in [0.2, 0.25) is 5.91 Å². The predicted octanol–water partition coefficient (Wildman–Crippen LogP) is -0.406. The van der Waals surface area contributed by atoms with Gasteiger partial charge in [-0.3, -0.25) is 19.9 Å². The number of nitrogen functional groups attached to an aromatic ring is 1. The molecule has 3 rings (SSSR count). The number of piperidine rings is 1. The molecule has 1 aromatic rings. The van der Waals surface area contributed by atoms with Crippen molar-refractivity contribution in [2.45, 2.75) is 25.4 Å². The van der Waals surface area contributed by atoms with E-state index in [1.807, 2.05) is 0 Å². The Hall–Kier alpha value is -1.86. The summed E-state index contributed by atoms with van der Waals surface area (Å²) in [5, 5.41) is 2.92. The van der Waals surface area contributed by atoms with Crippen LogP contribution in [0.4, 0.5) is 0 Å². The van der Waals surface area contributed by atoms with Crippen molar-refractivity contribution in [2.24, 2.45) is 11.8 Å². The van der Waals surface area contributed by atoms with E-state index in [1.165, 1.54) is 6.26 Å². The largest absolute Gasteiger partial charge is 0.467 e. The molecule has 4 N–H and O–H groups in total. The van der Waals surface area contributed by atoms with Crippen molar-refractivity contribution in [2.75, 3.05) is 13.1 Å². The lowest BCUT2D eigenvalue weighted by atomic mass is 9.91. The molecule has 2 unspecified atom stereocenters. The van der Waals surface area contributed by atoms with Crippen LogP contribution in [0.15, 0.2) is 16.7 Å². The molecule has 0 saturated carbocycles. The normalized spacial score (nSPS) is 26.1. The van der Waals surface area contributed by atoms with Gasteiger partial charge >= 0.3 is 0 Å². The monoisotopic (exact) mass is 278 g/mol. The van der Waals surface area contributed by atoms with Crippen LogP contribution in [-0.2, 0) is 11.3 Å². The highest BCUT2D eigenvalue weighted by Gasteiger charge is 2.40. The highest BCUT2D eigenvalue weighted by atomic mass is 16.3. The summed E-state index contributed by atoms with van der Waals surface area (Å²) in [6.07, 6.45) is 3.36. The first kappa shape index (κ1) is 13.1. The summed E-state index contributed by atoms with van der Waals surface area (Å²) in [4.78, 5) is 25.3. The molecule has 7 heteroatoms. The van der Waals surface area contributed by atoms with Gasteiger partial charge in [0.1, 0.15) is 12.0 Å². The molecule has 7 nitrogen and oxygen atoms in total. The lowest BCUT2D eigenvalue weighted by molar-refractivity contribution is -0.124. The Kier molecular flexibility index (Phi) is 3.45. The minimum atomic E-state index is -0.366. The lowest BCUT2D eigenvalue weighted by Gasteiger charge is -2.35. The number of hydrazine groups is 1. The molecule has 0 bridgehead atoms. The maximum Gasteiger partial charge on any atom is 0.268 e. The molecular weight excluding hydrogens is 260 g/mol. The summed E-state index contributed by atoms with van der Waals surface area (Å²) < 4.78 is 5.40. The van der Waals surface area contributed by atoms with Gasteiger partial charge in [-0.25, -0.2) is 5.84 Å². The van der Waals surface area contributed by atoms with Crippen LogP contribution in [0.25, 0.3) is 0 Å². The molecule has 2 amide bonds. The number of nitrogens with two attached hydrogens (primary N) is 1. The standard InChI is InChI=1S/C13H18N4O3/c14-16-12(18)8-4-9(20-7-8)6-17-3-1-2-10-11(17)5-15-13(10)19/h4,7,10-11H,1-3,5-6,14H2,(H,15,19)(H,16,18). The number of furan rings is 1. The fourth-order valence-electron chi connectivity index (χ4n) is 3.10. The molecular formula is C13H18N4O3. The number of fused-ring (bicyclic) bond motifs is 1. The predicted molar refractivity (Wildman–Crippen MR) is 70.3 cm³/mol. The van der Waals surface area contributed by atoms with E-state index in [1.54, 1.807) is 6.07 Å². The van der Waals surface area contributed by atoms with E-state index in [0.29, 0.717) is 24.4 Å². The van der Waals surface area contributed by atoms with Crippen LogP contribution in [-0.4, -0.2) is 35.8 Å². The number of amides is 2. The van der Waals surface area contributed by atoms with Crippen LogP contribution in [0.5, 0.6) is 0 Å². The molecule has 3 heterocycles. The quantitative estimate of drug-likeness (QED) is 0.396. The second-order valence-electron chi connectivity index (χ2n) is 5.31. The first-order valence-electron chi connectivity index (χ1n) is 6.79. The number of nitrogens with one attached hydrogen (secondary N) is 2. The third kappa shape index (κ3) is 2.30. The zero-order valence-corrected chi connectivity index (χ0v) is 11.1. The second kappa shape index (κ2) is 5.26. The molecule has 0 spiro atoms. The van der Waals surface area contributed by atoms with E-state index < -0.39 is 0 Å².